The molecule has 0 radical (unpaired) electrons. The lowest BCUT2D eigenvalue weighted by molar-refractivity contribution is 0.0744. The molecule has 0 saturated carbocycles. The third-order valence-electron chi connectivity index (χ3n) is 4.77. The summed E-state index contributed by atoms with van der Waals surface area (Å²) >= 11 is 0. The number of amides is 1. The molecule has 1 aromatic carbocycles. The first kappa shape index (κ1) is 14.4. The van der Waals surface area contributed by atoms with Gasteiger partial charge in [-0.1, -0.05) is 11.6 Å². The van der Waals surface area contributed by atoms with Crippen molar-refractivity contribution in [2.24, 2.45) is 0 Å². The SMILES string of the molecule is CNc1ccc(C)cc1C(=O)N1CCCN2CCCC2C1. The zero-order valence-electron chi connectivity index (χ0n) is 13.1. The summed E-state index contributed by atoms with van der Waals surface area (Å²) < 4.78 is 0. The third-order valence-corrected chi connectivity index (χ3v) is 4.77. The minimum atomic E-state index is 0.178. The van der Waals surface area contributed by atoms with Crippen LogP contribution in [-0.4, -0.2) is 55.0 Å². The van der Waals surface area contributed by atoms with Crippen molar-refractivity contribution >= 4 is 11.6 Å². The summed E-state index contributed by atoms with van der Waals surface area (Å²) in [6.07, 6.45) is 3.60. The molecule has 1 N–H and O–H groups in total. The first-order valence-electron chi connectivity index (χ1n) is 8.01. The highest BCUT2D eigenvalue weighted by Crippen LogP contribution is 2.24. The maximum atomic E-state index is 12.9. The summed E-state index contributed by atoms with van der Waals surface area (Å²) in [4.78, 5) is 17.6. The number of anilines is 1. The van der Waals surface area contributed by atoms with Gasteiger partial charge in [-0.05, 0) is 44.9 Å². The Morgan fingerprint density at radius 1 is 1.24 bits per heavy atom. The molecule has 1 amide bonds. The van der Waals surface area contributed by atoms with Gasteiger partial charge in [-0.2, -0.15) is 0 Å². The highest BCUT2D eigenvalue weighted by molar-refractivity contribution is 5.99. The van der Waals surface area contributed by atoms with Crippen LogP contribution >= 0.6 is 0 Å². The van der Waals surface area contributed by atoms with Gasteiger partial charge in [-0.3, -0.25) is 9.69 Å². The molecule has 0 aromatic heterocycles. The molecule has 4 heteroatoms. The van der Waals surface area contributed by atoms with Crippen LogP contribution in [0.3, 0.4) is 0 Å². The quantitative estimate of drug-likeness (QED) is 0.907. The van der Waals surface area contributed by atoms with Crippen LogP contribution < -0.4 is 5.32 Å². The number of hydrogen-bond acceptors (Lipinski definition) is 3. The fourth-order valence-electron chi connectivity index (χ4n) is 3.61. The normalized spacial score (nSPS) is 22.8. The largest absolute Gasteiger partial charge is 0.387 e. The second-order valence-corrected chi connectivity index (χ2v) is 6.24. The molecule has 2 aliphatic heterocycles. The minimum Gasteiger partial charge on any atom is -0.387 e. The Balaban J connectivity index is 1.82. The Kier molecular flexibility index (Phi) is 4.15. The fourth-order valence-corrected chi connectivity index (χ4v) is 3.61. The summed E-state index contributed by atoms with van der Waals surface area (Å²) in [6.45, 7) is 6.15. The van der Waals surface area contributed by atoms with E-state index in [9.17, 15) is 4.79 Å². The van der Waals surface area contributed by atoms with Gasteiger partial charge in [0.15, 0.2) is 0 Å². The number of nitrogens with one attached hydrogen (secondary N) is 1. The maximum Gasteiger partial charge on any atom is 0.256 e. The number of nitrogens with zero attached hydrogens (tertiary/aromatic N) is 2. The van der Waals surface area contributed by atoms with E-state index in [1.165, 1.54) is 19.4 Å². The molecule has 114 valence electrons. The molecule has 2 fully saturated rings. The number of aryl methyl sites for hydroxylation is 1. The molecule has 1 aromatic rings. The molecular formula is C17H25N3O. The Morgan fingerprint density at radius 2 is 2.05 bits per heavy atom. The predicted octanol–water partition coefficient (Wildman–Crippen LogP) is 2.35. The van der Waals surface area contributed by atoms with Crippen LogP contribution in [0.15, 0.2) is 18.2 Å². The van der Waals surface area contributed by atoms with Crippen LogP contribution in [0.25, 0.3) is 0 Å². The van der Waals surface area contributed by atoms with Crippen molar-refractivity contribution in [3.8, 4) is 0 Å². The number of hydrogen-bond donors (Lipinski definition) is 1. The molecule has 0 aliphatic carbocycles. The maximum absolute atomic E-state index is 12.9. The average Bonchev–Trinajstić information content (AvgIpc) is 2.83. The van der Waals surface area contributed by atoms with Crippen molar-refractivity contribution < 1.29 is 4.79 Å². The lowest BCUT2D eigenvalue weighted by Gasteiger charge is -2.26. The van der Waals surface area contributed by atoms with Crippen molar-refractivity contribution in [2.45, 2.75) is 32.2 Å². The molecule has 2 aliphatic rings. The minimum absolute atomic E-state index is 0.178. The number of fused-ring (bicyclic) bond motifs is 1. The van der Waals surface area contributed by atoms with E-state index in [4.69, 9.17) is 0 Å². The molecule has 2 heterocycles. The van der Waals surface area contributed by atoms with E-state index in [-0.39, 0.29) is 5.91 Å². The Bertz CT molecular complexity index is 529. The summed E-state index contributed by atoms with van der Waals surface area (Å²) in [5.41, 5.74) is 2.87. The molecular weight excluding hydrogens is 262 g/mol. The van der Waals surface area contributed by atoms with E-state index in [1.54, 1.807) is 0 Å². The Morgan fingerprint density at radius 3 is 2.86 bits per heavy atom. The lowest BCUT2D eigenvalue weighted by Crippen LogP contribution is -2.39. The van der Waals surface area contributed by atoms with E-state index < -0.39 is 0 Å². The third kappa shape index (κ3) is 2.91. The fraction of sp³-hybridized carbons (Fsp3) is 0.588. The molecule has 0 spiro atoms. The number of carbonyl (C=O) groups excluding carboxylic acids is 1. The number of carbonyl (C=O) groups is 1. The lowest BCUT2D eigenvalue weighted by atomic mass is 10.1. The van der Waals surface area contributed by atoms with Gasteiger partial charge in [-0.25, -0.2) is 0 Å². The van der Waals surface area contributed by atoms with Crippen LogP contribution in [0.5, 0.6) is 0 Å². The summed E-state index contributed by atoms with van der Waals surface area (Å²) in [5, 5.41) is 3.15. The molecule has 2 saturated heterocycles. The zero-order valence-corrected chi connectivity index (χ0v) is 13.1. The van der Waals surface area contributed by atoms with Crippen LogP contribution in [0, 0.1) is 6.92 Å². The van der Waals surface area contributed by atoms with E-state index in [2.05, 4.69) is 15.1 Å². The van der Waals surface area contributed by atoms with Crippen LogP contribution in [-0.2, 0) is 0 Å². The van der Waals surface area contributed by atoms with E-state index in [0.29, 0.717) is 6.04 Å². The molecule has 21 heavy (non-hydrogen) atoms. The van der Waals surface area contributed by atoms with Gasteiger partial charge in [0.25, 0.3) is 5.91 Å². The summed E-state index contributed by atoms with van der Waals surface area (Å²) in [7, 11) is 1.88. The summed E-state index contributed by atoms with van der Waals surface area (Å²) in [5.74, 6) is 0.178. The molecule has 1 atom stereocenters. The topological polar surface area (TPSA) is 35.6 Å². The van der Waals surface area contributed by atoms with Gasteiger partial charge in [0.1, 0.15) is 0 Å². The highest BCUT2D eigenvalue weighted by atomic mass is 16.2. The van der Waals surface area contributed by atoms with Crippen molar-refractivity contribution in [3.05, 3.63) is 29.3 Å². The second kappa shape index (κ2) is 6.06. The van der Waals surface area contributed by atoms with E-state index >= 15 is 0 Å². The summed E-state index contributed by atoms with van der Waals surface area (Å²) in [6, 6.07) is 6.62. The zero-order chi connectivity index (χ0) is 14.8. The van der Waals surface area contributed by atoms with Crippen LogP contribution in [0.1, 0.15) is 35.2 Å². The molecule has 0 bridgehead atoms. The van der Waals surface area contributed by atoms with Gasteiger partial charge in [0.05, 0.1) is 5.56 Å². The molecule has 3 rings (SSSR count). The van der Waals surface area contributed by atoms with E-state index in [0.717, 1.165) is 42.9 Å². The molecule has 1 unspecified atom stereocenters. The Labute approximate surface area is 127 Å². The van der Waals surface area contributed by atoms with Crippen LogP contribution in [0.2, 0.25) is 0 Å². The first-order chi connectivity index (χ1) is 10.2. The van der Waals surface area contributed by atoms with Gasteiger partial charge >= 0.3 is 0 Å². The Hall–Kier alpha value is -1.55. The van der Waals surface area contributed by atoms with Crippen molar-refractivity contribution in [1.29, 1.82) is 0 Å². The van der Waals surface area contributed by atoms with Crippen molar-refractivity contribution in [2.75, 3.05) is 38.5 Å². The number of benzene rings is 1. The van der Waals surface area contributed by atoms with Gasteiger partial charge in [0, 0.05) is 38.4 Å². The molecule has 4 nitrogen and oxygen atoms in total. The standard InChI is InChI=1S/C17H25N3O/c1-13-6-7-16(18-2)15(11-13)17(21)20-10-4-9-19-8-3-5-14(19)12-20/h6-7,11,14,18H,3-5,8-10,12H2,1-2H3. The van der Waals surface area contributed by atoms with Crippen molar-refractivity contribution in [1.82, 2.24) is 9.80 Å². The second-order valence-electron chi connectivity index (χ2n) is 6.24. The average molecular weight is 287 g/mol. The van der Waals surface area contributed by atoms with Crippen LogP contribution in [0.4, 0.5) is 5.69 Å². The first-order valence-corrected chi connectivity index (χ1v) is 8.01. The monoisotopic (exact) mass is 287 g/mol. The van der Waals surface area contributed by atoms with Gasteiger partial charge in [-0.15, -0.1) is 0 Å². The van der Waals surface area contributed by atoms with Gasteiger partial charge < -0.3 is 10.2 Å². The van der Waals surface area contributed by atoms with Crippen molar-refractivity contribution in [3.63, 3.8) is 0 Å². The van der Waals surface area contributed by atoms with Gasteiger partial charge in [0.2, 0.25) is 0 Å². The number of rotatable bonds is 2. The van der Waals surface area contributed by atoms with E-state index in [1.807, 2.05) is 32.2 Å². The predicted molar refractivity (Wildman–Crippen MR) is 85.8 cm³/mol. The highest BCUT2D eigenvalue weighted by Gasteiger charge is 2.31. The smallest absolute Gasteiger partial charge is 0.256 e.